The van der Waals surface area contributed by atoms with Gasteiger partial charge in [0.25, 0.3) is 0 Å². The predicted octanol–water partition coefficient (Wildman–Crippen LogP) is 3.51. The molecule has 1 unspecified atom stereocenters. The number of nitrogens with zero attached hydrogens (tertiary/aromatic N) is 2. The normalized spacial score (nSPS) is 19.2. The van der Waals surface area contributed by atoms with Crippen molar-refractivity contribution in [3.63, 3.8) is 0 Å². The van der Waals surface area contributed by atoms with E-state index in [9.17, 15) is 4.21 Å². The molecule has 1 aliphatic carbocycles. The van der Waals surface area contributed by atoms with Crippen molar-refractivity contribution in [1.29, 1.82) is 0 Å². The second kappa shape index (κ2) is 10.3. The summed E-state index contributed by atoms with van der Waals surface area (Å²) in [4.78, 5) is 12.1. The van der Waals surface area contributed by atoms with Gasteiger partial charge in [-0.15, -0.1) is 0 Å². The number of hydrogen-bond acceptors (Lipinski definition) is 6. The molecule has 1 saturated carbocycles. The Kier molecular flexibility index (Phi) is 7.69. The molecular formula is C23H27N3NaO4S. The summed E-state index contributed by atoms with van der Waals surface area (Å²) in [6, 6.07) is 9.57. The third-order valence-corrected chi connectivity index (χ3v) is 7.43. The van der Waals surface area contributed by atoms with E-state index in [0.29, 0.717) is 36.6 Å². The summed E-state index contributed by atoms with van der Waals surface area (Å²) >= 11 is 0. The largest absolute Gasteiger partial charge is 0.493 e. The average molecular weight is 465 g/mol. The van der Waals surface area contributed by atoms with Crippen LogP contribution in [0.2, 0.25) is 0 Å². The van der Waals surface area contributed by atoms with E-state index in [1.807, 2.05) is 37.3 Å². The number of aromatic amines is 1. The molecule has 0 bridgehead atoms. The Labute approximate surface area is 212 Å². The Morgan fingerprint density at radius 1 is 1.19 bits per heavy atom. The fourth-order valence-corrected chi connectivity index (χ4v) is 5.47. The predicted molar refractivity (Wildman–Crippen MR) is 123 cm³/mol. The molecular weight excluding hydrogens is 437 g/mol. The standard InChI is InChI=1S/C23H27N3O4S.Na/c1-16-20(15-31(27)22-25-18-4-2-3-5-19(18)26-22)24-11-8-21(16)28-14-17-6-9-23(10-7-17)29-12-13-30-23;/h2-5,8,11,17H,6-7,9-10,12-15H2,1H3,(H,25,26);. The number of para-hydroxylation sites is 2. The van der Waals surface area contributed by atoms with Crippen molar-refractivity contribution in [1.82, 2.24) is 15.0 Å². The molecule has 1 N–H and O–H groups in total. The number of aromatic nitrogens is 3. The van der Waals surface area contributed by atoms with Gasteiger partial charge in [-0.3, -0.25) is 9.19 Å². The maximum Gasteiger partial charge on any atom is 0.197 e. The van der Waals surface area contributed by atoms with Gasteiger partial charge in [-0.25, -0.2) is 4.98 Å². The molecule has 1 spiro atoms. The van der Waals surface area contributed by atoms with Crippen LogP contribution in [0.3, 0.4) is 0 Å². The van der Waals surface area contributed by atoms with Crippen LogP contribution in [0.5, 0.6) is 5.75 Å². The minimum absolute atomic E-state index is 0. The Morgan fingerprint density at radius 2 is 1.94 bits per heavy atom. The molecule has 1 atom stereocenters. The second-order valence-corrected chi connectivity index (χ2v) is 9.66. The monoisotopic (exact) mass is 464 g/mol. The van der Waals surface area contributed by atoms with Crippen LogP contribution in [-0.4, -0.2) is 74.3 Å². The third kappa shape index (κ3) is 5.11. The first-order chi connectivity index (χ1) is 15.1. The quantitative estimate of drug-likeness (QED) is 0.562. The van der Waals surface area contributed by atoms with Crippen molar-refractivity contribution in [3.8, 4) is 5.75 Å². The number of nitrogens with one attached hydrogen (secondary N) is 1. The number of benzene rings is 1. The molecule has 165 valence electrons. The van der Waals surface area contributed by atoms with Crippen molar-refractivity contribution in [2.45, 2.75) is 49.3 Å². The summed E-state index contributed by atoms with van der Waals surface area (Å²) < 4.78 is 30.7. The van der Waals surface area contributed by atoms with Crippen LogP contribution in [-0.2, 0) is 26.0 Å². The van der Waals surface area contributed by atoms with Crippen molar-refractivity contribution in [2.24, 2.45) is 5.92 Å². The first-order valence-corrected chi connectivity index (χ1v) is 12.1. The van der Waals surface area contributed by atoms with Gasteiger partial charge in [-0.2, -0.15) is 0 Å². The summed E-state index contributed by atoms with van der Waals surface area (Å²) in [6.07, 6.45) is 5.65. The van der Waals surface area contributed by atoms with Gasteiger partial charge in [-0.1, -0.05) is 12.1 Å². The van der Waals surface area contributed by atoms with Crippen LogP contribution in [0, 0.1) is 12.8 Å². The molecule has 1 saturated heterocycles. The van der Waals surface area contributed by atoms with Crippen LogP contribution in [0.1, 0.15) is 36.9 Å². The molecule has 1 aliphatic heterocycles. The molecule has 2 fully saturated rings. The van der Waals surface area contributed by atoms with E-state index >= 15 is 0 Å². The van der Waals surface area contributed by atoms with Crippen molar-refractivity contribution >= 4 is 51.4 Å². The Bertz CT molecular complexity index is 1060. The zero-order valence-electron chi connectivity index (χ0n) is 18.6. The van der Waals surface area contributed by atoms with Crippen LogP contribution in [0.4, 0.5) is 0 Å². The topological polar surface area (TPSA) is 86.3 Å². The van der Waals surface area contributed by atoms with E-state index in [2.05, 4.69) is 15.0 Å². The molecule has 3 aromatic rings. The SMILES string of the molecule is Cc1c(OCC2CCC3(CC2)OCCO3)ccnc1CS(=O)c1nc2ccccc2[nH]1.[Na]. The Hall–Kier alpha value is -1.29. The molecule has 2 aromatic heterocycles. The maximum absolute atomic E-state index is 12.9. The van der Waals surface area contributed by atoms with E-state index in [1.54, 1.807) is 6.20 Å². The van der Waals surface area contributed by atoms with Crippen molar-refractivity contribution < 1.29 is 18.4 Å². The average Bonchev–Trinajstić information content (AvgIpc) is 3.43. The van der Waals surface area contributed by atoms with Crippen molar-refractivity contribution in [3.05, 3.63) is 47.8 Å². The van der Waals surface area contributed by atoms with Gasteiger partial charge >= 0.3 is 0 Å². The van der Waals surface area contributed by atoms with Crippen LogP contribution in [0.25, 0.3) is 11.0 Å². The fourth-order valence-electron chi connectivity index (χ4n) is 4.37. The molecule has 1 radical (unpaired) electrons. The van der Waals surface area contributed by atoms with Gasteiger partial charge in [0.1, 0.15) is 5.75 Å². The smallest absolute Gasteiger partial charge is 0.197 e. The zero-order valence-corrected chi connectivity index (χ0v) is 21.5. The van der Waals surface area contributed by atoms with Gasteiger partial charge in [-0.05, 0) is 43.9 Å². The summed E-state index contributed by atoms with van der Waals surface area (Å²) in [7, 11) is -1.31. The van der Waals surface area contributed by atoms with Gasteiger partial charge in [0.05, 0.1) is 53.1 Å². The third-order valence-electron chi connectivity index (χ3n) is 6.26. The van der Waals surface area contributed by atoms with Crippen LogP contribution in [0.15, 0.2) is 41.7 Å². The number of ether oxygens (including phenoxy) is 3. The van der Waals surface area contributed by atoms with E-state index in [0.717, 1.165) is 53.7 Å². The summed E-state index contributed by atoms with van der Waals surface area (Å²) in [5, 5.41) is 0.473. The molecule has 5 rings (SSSR count). The van der Waals surface area contributed by atoms with Gasteiger partial charge in [0.15, 0.2) is 10.9 Å². The van der Waals surface area contributed by atoms with E-state index < -0.39 is 10.8 Å². The second-order valence-electron chi connectivity index (χ2n) is 8.29. The molecule has 7 nitrogen and oxygen atoms in total. The van der Waals surface area contributed by atoms with Crippen molar-refractivity contribution in [2.75, 3.05) is 19.8 Å². The number of H-pyrrole nitrogens is 1. The minimum atomic E-state index is -1.31. The first kappa shape index (κ1) is 23.9. The summed E-state index contributed by atoms with van der Waals surface area (Å²) in [5.41, 5.74) is 3.40. The molecule has 3 heterocycles. The summed E-state index contributed by atoms with van der Waals surface area (Å²) in [5.74, 6) is 1.25. The van der Waals surface area contributed by atoms with E-state index in [1.165, 1.54) is 0 Å². The molecule has 32 heavy (non-hydrogen) atoms. The summed E-state index contributed by atoms with van der Waals surface area (Å²) in [6.45, 7) is 4.04. The van der Waals surface area contributed by atoms with Crippen LogP contribution >= 0.6 is 0 Å². The van der Waals surface area contributed by atoms with Gasteiger partial charge in [0, 0.05) is 54.2 Å². The molecule has 2 aliphatic rings. The minimum Gasteiger partial charge on any atom is -0.493 e. The number of pyridine rings is 1. The molecule has 9 heteroatoms. The maximum atomic E-state index is 12.9. The number of imidazole rings is 1. The molecule has 1 aromatic carbocycles. The molecule has 0 amide bonds. The number of rotatable bonds is 6. The van der Waals surface area contributed by atoms with Gasteiger partial charge < -0.3 is 19.2 Å². The van der Waals surface area contributed by atoms with Crippen LogP contribution < -0.4 is 4.74 Å². The van der Waals surface area contributed by atoms with Gasteiger partial charge in [0.2, 0.25) is 0 Å². The zero-order chi connectivity index (χ0) is 21.3. The number of hydrogen-bond donors (Lipinski definition) is 1. The fraction of sp³-hybridized carbons (Fsp3) is 0.478. The Morgan fingerprint density at radius 3 is 2.69 bits per heavy atom. The van der Waals surface area contributed by atoms with E-state index in [-0.39, 0.29) is 35.3 Å². The first-order valence-electron chi connectivity index (χ1n) is 10.8. The Balaban J connectivity index is 0.00000245. The van der Waals surface area contributed by atoms with E-state index in [4.69, 9.17) is 14.2 Å². The number of fused-ring (bicyclic) bond motifs is 1.